The van der Waals surface area contributed by atoms with E-state index in [0.29, 0.717) is 11.8 Å². The summed E-state index contributed by atoms with van der Waals surface area (Å²) in [5, 5.41) is 9.17. The predicted molar refractivity (Wildman–Crippen MR) is 91.6 cm³/mol. The molecule has 1 saturated heterocycles. The third-order valence-corrected chi connectivity index (χ3v) is 4.54. The van der Waals surface area contributed by atoms with Crippen LogP contribution in [0.25, 0.3) is 11.5 Å². The first-order valence-electron chi connectivity index (χ1n) is 7.98. The van der Waals surface area contributed by atoms with Crippen molar-refractivity contribution in [1.82, 2.24) is 20.1 Å². The molecule has 0 radical (unpaired) electrons. The average Bonchev–Trinajstić information content (AvgIpc) is 3.27. The second-order valence-electron chi connectivity index (χ2n) is 6.03. The predicted octanol–water partition coefficient (Wildman–Crippen LogP) is 3.77. The molecule has 1 fully saturated rings. The van der Waals surface area contributed by atoms with Crippen LogP contribution in [0.15, 0.2) is 53.2 Å². The van der Waals surface area contributed by atoms with E-state index in [-0.39, 0.29) is 5.92 Å². The standard InChI is InChI=1S/C18H17ClN4O/c19-16-5-3-13(4-6-16)11-23-9-7-15(12-23)18-22-21-17(24-18)14-2-1-8-20-10-14/h1-6,8,10,15H,7,9,11-12H2. The summed E-state index contributed by atoms with van der Waals surface area (Å²) in [4.78, 5) is 6.49. The monoisotopic (exact) mass is 340 g/mol. The van der Waals surface area contributed by atoms with Gasteiger partial charge in [0.15, 0.2) is 0 Å². The molecule has 0 saturated carbocycles. The van der Waals surface area contributed by atoms with E-state index in [1.54, 1.807) is 12.4 Å². The summed E-state index contributed by atoms with van der Waals surface area (Å²) in [5.41, 5.74) is 2.12. The maximum atomic E-state index is 5.94. The summed E-state index contributed by atoms with van der Waals surface area (Å²) in [5.74, 6) is 1.54. The first-order valence-corrected chi connectivity index (χ1v) is 8.36. The van der Waals surface area contributed by atoms with Crippen LogP contribution in [0.5, 0.6) is 0 Å². The molecule has 1 unspecified atom stereocenters. The molecule has 24 heavy (non-hydrogen) atoms. The van der Waals surface area contributed by atoms with Crippen molar-refractivity contribution in [3.8, 4) is 11.5 Å². The molecular weight excluding hydrogens is 324 g/mol. The lowest BCUT2D eigenvalue weighted by Gasteiger charge is -2.15. The summed E-state index contributed by atoms with van der Waals surface area (Å²) in [6, 6.07) is 11.8. The summed E-state index contributed by atoms with van der Waals surface area (Å²) >= 11 is 5.94. The largest absolute Gasteiger partial charge is 0.420 e. The highest BCUT2D eigenvalue weighted by atomic mass is 35.5. The minimum Gasteiger partial charge on any atom is -0.420 e. The molecule has 4 rings (SSSR count). The Kier molecular flexibility index (Phi) is 4.28. The summed E-state index contributed by atoms with van der Waals surface area (Å²) in [6.45, 7) is 2.87. The number of rotatable bonds is 4. The molecule has 5 nitrogen and oxygen atoms in total. The van der Waals surface area contributed by atoms with Crippen molar-refractivity contribution >= 4 is 11.6 Å². The second kappa shape index (κ2) is 6.71. The zero-order valence-electron chi connectivity index (χ0n) is 13.1. The fourth-order valence-electron chi connectivity index (χ4n) is 3.03. The van der Waals surface area contributed by atoms with Crippen LogP contribution in [-0.2, 0) is 6.54 Å². The Labute approximate surface area is 145 Å². The van der Waals surface area contributed by atoms with Gasteiger partial charge in [0, 0.05) is 30.5 Å². The Morgan fingerprint density at radius 2 is 2.04 bits per heavy atom. The summed E-state index contributed by atoms with van der Waals surface area (Å²) < 4.78 is 5.86. The molecule has 1 aliphatic rings. The Bertz CT molecular complexity index is 803. The maximum Gasteiger partial charge on any atom is 0.249 e. The number of hydrogen-bond donors (Lipinski definition) is 0. The van der Waals surface area contributed by atoms with Gasteiger partial charge in [-0.3, -0.25) is 9.88 Å². The van der Waals surface area contributed by atoms with E-state index in [0.717, 1.165) is 36.6 Å². The molecule has 122 valence electrons. The van der Waals surface area contributed by atoms with E-state index in [9.17, 15) is 0 Å². The number of likely N-dealkylation sites (tertiary alicyclic amines) is 1. The van der Waals surface area contributed by atoms with Gasteiger partial charge in [-0.05, 0) is 42.8 Å². The molecule has 1 aromatic carbocycles. The summed E-state index contributed by atoms with van der Waals surface area (Å²) in [7, 11) is 0. The minimum absolute atomic E-state index is 0.287. The van der Waals surface area contributed by atoms with E-state index in [1.165, 1.54) is 5.56 Å². The SMILES string of the molecule is Clc1ccc(CN2CCC(c3nnc(-c4cccnc4)o3)C2)cc1. The Balaban J connectivity index is 1.42. The molecular formula is C18H17ClN4O. The van der Waals surface area contributed by atoms with Crippen LogP contribution in [0.1, 0.15) is 23.8 Å². The van der Waals surface area contributed by atoms with Crippen LogP contribution in [-0.4, -0.2) is 33.2 Å². The van der Waals surface area contributed by atoms with Crippen molar-refractivity contribution in [1.29, 1.82) is 0 Å². The van der Waals surface area contributed by atoms with Crippen molar-refractivity contribution in [2.75, 3.05) is 13.1 Å². The Hall–Kier alpha value is -2.24. The van der Waals surface area contributed by atoms with Crippen molar-refractivity contribution < 1.29 is 4.42 Å². The van der Waals surface area contributed by atoms with Crippen molar-refractivity contribution in [2.45, 2.75) is 18.9 Å². The highest BCUT2D eigenvalue weighted by Crippen LogP contribution is 2.29. The quantitative estimate of drug-likeness (QED) is 0.723. The Morgan fingerprint density at radius 3 is 2.83 bits per heavy atom. The molecule has 0 aliphatic carbocycles. The lowest BCUT2D eigenvalue weighted by Crippen LogP contribution is -2.19. The first-order chi connectivity index (χ1) is 11.8. The first kappa shape index (κ1) is 15.3. The van der Waals surface area contributed by atoms with E-state index in [1.807, 2.05) is 24.3 Å². The van der Waals surface area contributed by atoms with Gasteiger partial charge < -0.3 is 4.42 Å². The molecule has 0 amide bonds. The molecule has 6 heteroatoms. The lowest BCUT2D eigenvalue weighted by molar-refractivity contribution is 0.320. The number of benzene rings is 1. The van der Waals surface area contributed by atoms with E-state index >= 15 is 0 Å². The number of pyridine rings is 1. The van der Waals surface area contributed by atoms with Gasteiger partial charge in [0.2, 0.25) is 11.8 Å². The minimum atomic E-state index is 0.287. The molecule has 2 aromatic heterocycles. The van der Waals surface area contributed by atoms with Crippen molar-refractivity contribution in [3.05, 3.63) is 65.3 Å². The van der Waals surface area contributed by atoms with Crippen LogP contribution in [0.3, 0.4) is 0 Å². The second-order valence-corrected chi connectivity index (χ2v) is 6.47. The van der Waals surface area contributed by atoms with Crippen molar-refractivity contribution in [2.24, 2.45) is 0 Å². The molecule has 1 aliphatic heterocycles. The van der Waals surface area contributed by atoms with E-state index < -0.39 is 0 Å². The van der Waals surface area contributed by atoms with E-state index in [4.69, 9.17) is 16.0 Å². The van der Waals surface area contributed by atoms with Gasteiger partial charge in [-0.25, -0.2) is 0 Å². The smallest absolute Gasteiger partial charge is 0.249 e. The fraction of sp³-hybridized carbons (Fsp3) is 0.278. The third kappa shape index (κ3) is 3.32. The molecule has 0 bridgehead atoms. The van der Waals surface area contributed by atoms with Gasteiger partial charge in [0.25, 0.3) is 0 Å². The van der Waals surface area contributed by atoms with Crippen LogP contribution >= 0.6 is 11.6 Å². The molecule has 0 spiro atoms. The van der Waals surface area contributed by atoms with Gasteiger partial charge in [-0.1, -0.05) is 23.7 Å². The zero-order valence-corrected chi connectivity index (χ0v) is 13.9. The average molecular weight is 341 g/mol. The van der Waals surface area contributed by atoms with Gasteiger partial charge >= 0.3 is 0 Å². The Morgan fingerprint density at radius 1 is 1.17 bits per heavy atom. The van der Waals surface area contributed by atoms with Gasteiger partial charge in [-0.15, -0.1) is 10.2 Å². The van der Waals surface area contributed by atoms with Gasteiger partial charge in [0.1, 0.15) is 0 Å². The number of nitrogens with zero attached hydrogens (tertiary/aromatic N) is 4. The van der Waals surface area contributed by atoms with Gasteiger partial charge in [0.05, 0.1) is 11.5 Å². The zero-order chi connectivity index (χ0) is 16.4. The van der Waals surface area contributed by atoms with Gasteiger partial charge in [-0.2, -0.15) is 0 Å². The maximum absolute atomic E-state index is 5.94. The van der Waals surface area contributed by atoms with Crippen LogP contribution in [0.4, 0.5) is 0 Å². The molecule has 1 atom stereocenters. The normalized spacial score (nSPS) is 18.1. The van der Waals surface area contributed by atoms with Crippen LogP contribution in [0, 0.1) is 0 Å². The molecule has 3 heterocycles. The summed E-state index contributed by atoms with van der Waals surface area (Å²) in [6.07, 6.45) is 4.49. The van der Waals surface area contributed by atoms with Crippen LogP contribution < -0.4 is 0 Å². The number of hydrogen-bond acceptors (Lipinski definition) is 5. The molecule has 0 N–H and O–H groups in total. The number of aromatic nitrogens is 3. The van der Waals surface area contributed by atoms with E-state index in [2.05, 4.69) is 32.2 Å². The fourth-order valence-corrected chi connectivity index (χ4v) is 3.16. The van der Waals surface area contributed by atoms with Crippen LogP contribution in [0.2, 0.25) is 5.02 Å². The lowest BCUT2D eigenvalue weighted by atomic mass is 10.1. The third-order valence-electron chi connectivity index (χ3n) is 4.29. The highest BCUT2D eigenvalue weighted by molar-refractivity contribution is 6.30. The van der Waals surface area contributed by atoms with Crippen molar-refractivity contribution in [3.63, 3.8) is 0 Å². The topological polar surface area (TPSA) is 55.1 Å². The number of halogens is 1. The molecule has 3 aromatic rings. The highest BCUT2D eigenvalue weighted by Gasteiger charge is 2.28.